The smallest absolute Gasteiger partial charge is 0.389 e. The fraction of sp³-hybridized carbons (Fsp3) is 0.304. The highest BCUT2D eigenvalue weighted by molar-refractivity contribution is 5.98. The van der Waals surface area contributed by atoms with Gasteiger partial charge in [0.1, 0.15) is 11.5 Å². The van der Waals surface area contributed by atoms with Gasteiger partial charge in [0.05, 0.1) is 12.2 Å². The number of benzene rings is 2. The third kappa shape index (κ3) is 8.16. The van der Waals surface area contributed by atoms with Crippen molar-refractivity contribution in [3.8, 4) is 11.5 Å². The van der Waals surface area contributed by atoms with Gasteiger partial charge in [-0.15, -0.1) is 0 Å². The second-order valence-electron chi connectivity index (χ2n) is 6.92. The minimum Gasteiger partial charge on any atom is -0.494 e. The Hall–Kier alpha value is -3.17. The molecule has 0 saturated carbocycles. The van der Waals surface area contributed by atoms with E-state index in [4.69, 9.17) is 9.47 Å². The number of esters is 1. The average Bonchev–Trinajstić information content (AvgIpc) is 2.75. The van der Waals surface area contributed by atoms with Crippen LogP contribution < -0.4 is 9.47 Å². The Kier molecular flexibility index (Phi) is 8.56. The van der Waals surface area contributed by atoms with Gasteiger partial charge in [-0.05, 0) is 54.5 Å². The summed E-state index contributed by atoms with van der Waals surface area (Å²) in [5.74, 6) is -3.30. The largest absolute Gasteiger partial charge is 0.494 e. The monoisotopic (exact) mass is 452 g/mol. The van der Waals surface area contributed by atoms with Crippen LogP contribution >= 0.6 is 0 Å². The van der Waals surface area contributed by atoms with Crippen LogP contribution in [0.4, 0.5) is 13.2 Å². The molecule has 0 heterocycles. The molecule has 2 aromatic rings. The third-order valence-electron chi connectivity index (χ3n) is 4.37. The first-order chi connectivity index (χ1) is 15.0. The predicted octanol–water partition coefficient (Wildman–Crippen LogP) is 4.30. The van der Waals surface area contributed by atoms with E-state index in [1.807, 2.05) is 0 Å². The summed E-state index contributed by atoms with van der Waals surface area (Å²) in [6, 6.07) is 12.0. The normalized spacial score (nSPS) is 12.1. The van der Waals surface area contributed by atoms with Gasteiger partial charge in [0.15, 0.2) is 0 Å². The highest BCUT2D eigenvalue weighted by Gasteiger charge is 2.28. The van der Waals surface area contributed by atoms with Crippen molar-refractivity contribution in [3.63, 3.8) is 0 Å². The standard InChI is InChI=1S/C23H23F3O6/c1-2-22(29,30)20(27)13-6-16-4-9-19(10-5-16)32-21(28)17-7-11-18(12-8-17)31-15-3-14-23(24,25)26/h4-13,29-30H,2-3,14-15H2,1H3/b13-6+. The van der Waals surface area contributed by atoms with Gasteiger partial charge in [0.25, 0.3) is 0 Å². The molecule has 0 unspecified atom stereocenters. The molecule has 2 rings (SSSR count). The molecule has 0 aromatic heterocycles. The number of hydrogen-bond donors (Lipinski definition) is 2. The summed E-state index contributed by atoms with van der Waals surface area (Å²) < 4.78 is 46.8. The lowest BCUT2D eigenvalue weighted by molar-refractivity contribution is -0.178. The van der Waals surface area contributed by atoms with Crippen LogP contribution in [0.5, 0.6) is 11.5 Å². The zero-order chi connectivity index (χ0) is 23.8. The average molecular weight is 452 g/mol. The van der Waals surface area contributed by atoms with E-state index in [1.165, 1.54) is 49.4 Å². The number of alkyl halides is 3. The van der Waals surface area contributed by atoms with Crippen LogP contribution in [0, 0.1) is 0 Å². The molecule has 0 fully saturated rings. The molecule has 0 saturated heterocycles. The number of halogens is 3. The van der Waals surface area contributed by atoms with E-state index >= 15 is 0 Å². The number of ether oxygens (including phenoxy) is 2. The van der Waals surface area contributed by atoms with Crippen molar-refractivity contribution in [1.82, 2.24) is 0 Å². The molecule has 32 heavy (non-hydrogen) atoms. The summed E-state index contributed by atoms with van der Waals surface area (Å²) in [6.45, 7) is 1.37. The second kappa shape index (κ2) is 10.9. The molecule has 0 aliphatic heterocycles. The molecule has 2 aromatic carbocycles. The van der Waals surface area contributed by atoms with Crippen LogP contribution in [0.15, 0.2) is 54.6 Å². The summed E-state index contributed by atoms with van der Waals surface area (Å²) in [4.78, 5) is 23.9. The second-order valence-corrected chi connectivity index (χ2v) is 6.92. The Labute approximate surface area is 182 Å². The van der Waals surface area contributed by atoms with Gasteiger partial charge in [-0.1, -0.05) is 25.1 Å². The van der Waals surface area contributed by atoms with E-state index in [9.17, 15) is 33.0 Å². The van der Waals surface area contributed by atoms with Crippen molar-refractivity contribution in [2.24, 2.45) is 0 Å². The molecule has 2 N–H and O–H groups in total. The number of carbonyl (C=O) groups excluding carboxylic acids is 2. The Morgan fingerprint density at radius 2 is 1.56 bits per heavy atom. The molecule has 0 spiro atoms. The van der Waals surface area contributed by atoms with Gasteiger partial charge >= 0.3 is 12.1 Å². The number of rotatable bonds is 10. The van der Waals surface area contributed by atoms with Gasteiger partial charge in [-0.2, -0.15) is 13.2 Å². The van der Waals surface area contributed by atoms with E-state index in [0.29, 0.717) is 11.3 Å². The first kappa shape index (κ1) is 25.1. The first-order valence-electron chi connectivity index (χ1n) is 9.79. The van der Waals surface area contributed by atoms with E-state index < -0.39 is 30.1 Å². The van der Waals surface area contributed by atoms with Gasteiger partial charge in [-0.25, -0.2) is 4.79 Å². The van der Waals surface area contributed by atoms with Crippen LogP contribution in [0.25, 0.3) is 6.08 Å². The zero-order valence-electron chi connectivity index (χ0n) is 17.3. The van der Waals surface area contributed by atoms with Crippen LogP contribution in [-0.4, -0.2) is 40.5 Å². The Morgan fingerprint density at radius 3 is 2.12 bits per heavy atom. The summed E-state index contributed by atoms with van der Waals surface area (Å²) in [7, 11) is 0. The molecule has 0 atom stereocenters. The highest BCUT2D eigenvalue weighted by Crippen LogP contribution is 2.22. The molecular formula is C23H23F3O6. The Morgan fingerprint density at radius 1 is 0.969 bits per heavy atom. The van der Waals surface area contributed by atoms with E-state index in [2.05, 4.69) is 0 Å². The van der Waals surface area contributed by atoms with Crippen LogP contribution in [-0.2, 0) is 4.79 Å². The molecule has 0 aliphatic rings. The lowest BCUT2D eigenvalue weighted by Crippen LogP contribution is -2.36. The van der Waals surface area contributed by atoms with E-state index in [0.717, 1.165) is 6.08 Å². The van der Waals surface area contributed by atoms with Gasteiger partial charge in [0, 0.05) is 12.8 Å². The lowest BCUT2D eigenvalue weighted by atomic mass is 10.1. The number of aliphatic hydroxyl groups is 2. The Bertz CT molecular complexity index is 932. The first-order valence-corrected chi connectivity index (χ1v) is 9.79. The summed E-state index contributed by atoms with van der Waals surface area (Å²) in [6.07, 6.45) is -2.99. The highest BCUT2D eigenvalue weighted by atomic mass is 19.4. The van der Waals surface area contributed by atoms with Crippen molar-refractivity contribution in [2.75, 3.05) is 6.61 Å². The summed E-state index contributed by atoms with van der Waals surface area (Å²) in [5.41, 5.74) is 0.807. The van der Waals surface area contributed by atoms with Crippen molar-refractivity contribution in [2.45, 2.75) is 38.1 Å². The van der Waals surface area contributed by atoms with Gasteiger partial charge in [0.2, 0.25) is 11.6 Å². The van der Waals surface area contributed by atoms with Crippen molar-refractivity contribution in [3.05, 3.63) is 65.7 Å². The molecular weight excluding hydrogens is 429 g/mol. The number of ketones is 1. The predicted molar refractivity (Wildman–Crippen MR) is 110 cm³/mol. The van der Waals surface area contributed by atoms with Gasteiger partial charge < -0.3 is 19.7 Å². The maximum atomic E-state index is 12.2. The SMILES string of the molecule is CCC(O)(O)C(=O)/C=C/c1ccc(OC(=O)c2ccc(OCCCC(F)(F)F)cc2)cc1. The zero-order valence-corrected chi connectivity index (χ0v) is 17.3. The number of carbonyl (C=O) groups is 2. The molecule has 0 aliphatic carbocycles. The number of hydrogen-bond acceptors (Lipinski definition) is 6. The molecule has 0 radical (unpaired) electrons. The lowest BCUT2D eigenvalue weighted by Gasteiger charge is -2.15. The topological polar surface area (TPSA) is 93.1 Å². The molecule has 172 valence electrons. The molecule has 0 amide bonds. The molecule has 0 bridgehead atoms. The quantitative estimate of drug-likeness (QED) is 0.184. The van der Waals surface area contributed by atoms with E-state index in [-0.39, 0.29) is 30.8 Å². The van der Waals surface area contributed by atoms with Crippen molar-refractivity contribution in [1.29, 1.82) is 0 Å². The maximum Gasteiger partial charge on any atom is 0.389 e. The minimum atomic E-state index is -4.22. The van der Waals surface area contributed by atoms with Crippen LogP contribution in [0.1, 0.15) is 42.1 Å². The maximum absolute atomic E-state index is 12.2. The third-order valence-corrected chi connectivity index (χ3v) is 4.37. The van der Waals surface area contributed by atoms with Crippen LogP contribution in [0.2, 0.25) is 0 Å². The fourth-order valence-electron chi connectivity index (χ4n) is 2.44. The fourth-order valence-corrected chi connectivity index (χ4v) is 2.44. The minimum absolute atomic E-state index is 0.0915. The van der Waals surface area contributed by atoms with Crippen LogP contribution in [0.3, 0.4) is 0 Å². The Balaban J connectivity index is 1.88. The van der Waals surface area contributed by atoms with Crippen molar-refractivity contribution < 1.29 is 42.4 Å². The summed E-state index contributed by atoms with van der Waals surface area (Å²) >= 11 is 0. The molecule has 6 nitrogen and oxygen atoms in total. The molecule has 9 heteroatoms. The van der Waals surface area contributed by atoms with E-state index in [1.54, 1.807) is 12.1 Å². The van der Waals surface area contributed by atoms with Gasteiger partial charge in [-0.3, -0.25) is 4.79 Å². The van der Waals surface area contributed by atoms with Crippen molar-refractivity contribution >= 4 is 17.8 Å². The summed E-state index contributed by atoms with van der Waals surface area (Å²) in [5, 5.41) is 18.9.